The fourth-order valence-electron chi connectivity index (χ4n) is 2.55. The van der Waals surface area contributed by atoms with Crippen LogP contribution >= 0.6 is 0 Å². The number of aryl methyl sites for hydroxylation is 1. The molecule has 1 atom stereocenters. The van der Waals surface area contributed by atoms with E-state index in [1.165, 1.54) is 18.9 Å². The number of oxazole rings is 1. The van der Waals surface area contributed by atoms with Gasteiger partial charge in [0.25, 0.3) is 0 Å². The first-order valence-electron chi connectivity index (χ1n) is 7.39. The van der Waals surface area contributed by atoms with Gasteiger partial charge in [0.05, 0.1) is 24.3 Å². The zero-order chi connectivity index (χ0) is 17.3. The lowest BCUT2D eigenvalue weighted by Gasteiger charge is -2.12. The molecule has 2 amide bonds. The van der Waals surface area contributed by atoms with Crippen molar-refractivity contribution in [2.45, 2.75) is 13.0 Å². The van der Waals surface area contributed by atoms with Crippen LogP contribution in [-0.4, -0.2) is 42.9 Å². The molecule has 1 aromatic heterocycles. The molecule has 128 valence electrons. The highest BCUT2D eigenvalue weighted by Gasteiger charge is 2.32. The largest absolute Gasteiger partial charge is 0.442 e. The highest BCUT2D eigenvalue weighted by molar-refractivity contribution is 5.92. The fourth-order valence-corrected chi connectivity index (χ4v) is 2.55. The van der Waals surface area contributed by atoms with Crippen LogP contribution in [0.1, 0.15) is 6.92 Å². The van der Waals surface area contributed by atoms with Crippen molar-refractivity contribution in [1.29, 1.82) is 0 Å². The Kier molecular flexibility index (Phi) is 4.15. The number of ether oxygens (including phenoxy) is 1. The Morgan fingerprint density at radius 2 is 2.29 bits per heavy atom. The quantitative estimate of drug-likeness (QED) is 0.830. The topological polar surface area (TPSA) is 98.3 Å². The number of fused-ring (bicyclic) bond motifs is 1. The molecule has 1 aliphatic heterocycles. The van der Waals surface area contributed by atoms with Gasteiger partial charge < -0.3 is 19.3 Å². The van der Waals surface area contributed by atoms with Crippen molar-refractivity contribution < 1.29 is 23.6 Å². The first-order chi connectivity index (χ1) is 11.5. The van der Waals surface area contributed by atoms with Crippen molar-refractivity contribution in [2.75, 3.05) is 25.1 Å². The third-order valence-electron chi connectivity index (χ3n) is 3.73. The summed E-state index contributed by atoms with van der Waals surface area (Å²) in [7, 11) is 3.24. The Labute approximate surface area is 137 Å². The molecule has 9 heteroatoms. The number of carbonyl (C=O) groups excluding carboxylic acids is 2. The van der Waals surface area contributed by atoms with Crippen LogP contribution in [0.5, 0.6) is 0 Å². The summed E-state index contributed by atoms with van der Waals surface area (Å²) in [4.78, 5) is 29.3. The number of benzene rings is 1. The van der Waals surface area contributed by atoms with Crippen LogP contribution in [0, 0.1) is 0 Å². The zero-order valence-electron chi connectivity index (χ0n) is 13.6. The van der Waals surface area contributed by atoms with E-state index in [-0.39, 0.29) is 18.6 Å². The second kappa shape index (κ2) is 6.26. The average molecular weight is 334 g/mol. The van der Waals surface area contributed by atoms with E-state index in [1.54, 1.807) is 23.7 Å². The van der Waals surface area contributed by atoms with Crippen LogP contribution in [0.3, 0.4) is 0 Å². The van der Waals surface area contributed by atoms with Gasteiger partial charge in [0, 0.05) is 20.0 Å². The number of rotatable bonds is 4. The summed E-state index contributed by atoms with van der Waals surface area (Å²) in [5.74, 6) is -0.163. The van der Waals surface area contributed by atoms with Crippen LogP contribution < -0.4 is 15.9 Å². The molecule has 1 N–H and O–H groups in total. The van der Waals surface area contributed by atoms with Gasteiger partial charge in [0.2, 0.25) is 5.91 Å². The van der Waals surface area contributed by atoms with Crippen LogP contribution in [-0.2, 0) is 21.4 Å². The van der Waals surface area contributed by atoms with Gasteiger partial charge in [-0.3, -0.25) is 14.3 Å². The number of hydrogen-bond acceptors (Lipinski definition) is 6. The lowest BCUT2D eigenvalue weighted by Crippen LogP contribution is -2.33. The standard InChI is InChI=1S/C15H18N4O5/c1-9(20)16-7-11-8-19(15(21)23-11)10-4-5-12-13(6-10)24-14(17-22-3)18(12)2/h4-6,11H,7-8H2,1-3H3,(H,16,20). The monoisotopic (exact) mass is 334 g/mol. The molecule has 2 heterocycles. The molecule has 1 aliphatic rings. The molecule has 1 aromatic carbocycles. The fraction of sp³-hybridized carbons (Fsp3) is 0.400. The molecule has 1 fully saturated rings. The van der Waals surface area contributed by atoms with Crippen LogP contribution in [0.4, 0.5) is 10.5 Å². The van der Waals surface area contributed by atoms with Gasteiger partial charge >= 0.3 is 11.8 Å². The lowest BCUT2D eigenvalue weighted by molar-refractivity contribution is -0.119. The highest BCUT2D eigenvalue weighted by atomic mass is 16.6. The minimum atomic E-state index is -0.456. The predicted molar refractivity (Wildman–Crippen MR) is 84.1 cm³/mol. The summed E-state index contributed by atoms with van der Waals surface area (Å²) in [5.41, 5.74) is 2.36. The number of aromatic nitrogens is 1. The number of carbonyl (C=O) groups is 2. The zero-order valence-corrected chi connectivity index (χ0v) is 13.6. The Balaban J connectivity index is 1.86. The summed E-state index contributed by atoms with van der Waals surface area (Å²) < 4.78 is 12.6. The molecule has 3 rings (SSSR count). The van der Waals surface area contributed by atoms with Crippen molar-refractivity contribution in [1.82, 2.24) is 9.88 Å². The molecule has 9 nitrogen and oxygen atoms in total. The minimum absolute atomic E-state index is 0.163. The Morgan fingerprint density at radius 1 is 1.50 bits per heavy atom. The van der Waals surface area contributed by atoms with E-state index < -0.39 is 6.09 Å². The number of nitrogens with one attached hydrogen (secondary N) is 1. The summed E-state index contributed by atoms with van der Waals surface area (Å²) in [6, 6.07) is 5.37. The SMILES string of the molecule is CON=c1oc2cc(N3CC(CNC(C)=O)OC3=O)ccc2n1C. The van der Waals surface area contributed by atoms with Gasteiger partial charge in [-0.05, 0) is 17.3 Å². The molecule has 1 unspecified atom stereocenters. The van der Waals surface area contributed by atoms with E-state index >= 15 is 0 Å². The van der Waals surface area contributed by atoms with Gasteiger partial charge in [0.1, 0.15) is 13.2 Å². The molecular formula is C15H18N4O5. The number of cyclic esters (lactones) is 1. The summed E-state index contributed by atoms with van der Waals surface area (Å²) in [6.07, 6.45) is -0.841. The summed E-state index contributed by atoms with van der Waals surface area (Å²) >= 11 is 0. The molecule has 0 radical (unpaired) electrons. The summed E-state index contributed by atoms with van der Waals surface area (Å²) in [5, 5.41) is 6.43. The van der Waals surface area contributed by atoms with Gasteiger partial charge in [0.15, 0.2) is 5.58 Å². The lowest BCUT2D eigenvalue weighted by atomic mass is 10.2. The molecule has 0 saturated carbocycles. The second-order valence-corrected chi connectivity index (χ2v) is 5.42. The van der Waals surface area contributed by atoms with E-state index in [2.05, 4.69) is 10.5 Å². The Morgan fingerprint density at radius 3 is 3.00 bits per heavy atom. The number of hydrogen-bond donors (Lipinski definition) is 1. The highest BCUT2D eigenvalue weighted by Crippen LogP contribution is 2.25. The van der Waals surface area contributed by atoms with Gasteiger partial charge in [-0.15, -0.1) is 0 Å². The van der Waals surface area contributed by atoms with Crippen molar-refractivity contribution in [3.63, 3.8) is 0 Å². The second-order valence-electron chi connectivity index (χ2n) is 5.42. The van der Waals surface area contributed by atoms with E-state index in [4.69, 9.17) is 14.0 Å². The molecule has 0 bridgehead atoms. The number of nitrogens with zero attached hydrogens (tertiary/aromatic N) is 3. The van der Waals surface area contributed by atoms with Crippen LogP contribution in [0.2, 0.25) is 0 Å². The van der Waals surface area contributed by atoms with E-state index in [9.17, 15) is 9.59 Å². The van der Waals surface area contributed by atoms with Gasteiger partial charge in [-0.25, -0.2) is 4.79 Å². The van der Waals surface area contributed by atoms with E-state index in [0.717, 1.165) is 5.52 Å². The maximum absolute atomic E-state index is 12.1. The van der Waals surface area contributed by atoms with Crippen LogP contribution in [0.25, 0.3) is 11.1 Å². The molecule has 1 saturated heterocycles. The smallest absolute Gasteiger partial charge is 0.414 e. The molecule has 24 heavy (non-hydrogen) atoms. The van der Waals surface area contributed by atoms with E-state index in [1.807, 2.05) is 6.07 Å². The molecule has 2 aromatic rings. The summed E-state index contributed by atoms with van der Waals surface area (Å²) in [6.45, 7) is 2.06. The van der Waals surface area contributed by atoms with Crippen LogP contribution in [0.15, 0.2) is 27.8 Å². The Hall–Kier alpha value is -2.97. The third kappa shape index (κ3) is 2.92. The molecule has 0 spiro atoms. The van der Waals surface area contributed by atoms with Crippen molar-refractivity contribution in [3.05, 3.63) is 23.9 Å². The van der Waals surface area contributed by atoms with Crippen molar-refractivity contribution in [2.24, 2.45) is 12.2 Å². The first-order valence-corrected chi connectivity index (χ1v) is 7.39. The number of anilines is 1. The predicted octanol–water partition coefficient (Wildman–Crippen LogP) is 0.695. The van der Waals surface area contributed by atoms with E-state index in [0.29, 0.717) is 23.5 Å². The van der Waals surface area contributed by atoms with Gasteiger partial charge in [-0.2, -0.15) is 0 Å². The van der Waals surface area contributed by atoms with Crippen molar-refractivity contribution >= 4 is 28.8 Å². The minimum Gasteiger partial charge on any atom is -0.442 e. The van der Waals surface area contributed by atoms with Gasteiger partial charge in [-0.1, -0.05) is 0 Å². The Bertz CT molecular complexity index is 853. The molecule has 0 aliphatic carbocycles. The maximum atomic E-state index is 12.1. The average Bonchev–Trinajstić information content (AvgIpc) is 3.06. The maximum Gasteiger partial charge on any atom is 0.414 e. The normalized spacial score (nSPS) is 18.1. The first kappa shape index (κ1) is 15.9. The third-order valence-corrected chi connectivity index (χ3v) is 3.73. The molecular weight excluding hydrogens is 316 g/mol. The van der Waals surface area contributed by atoms with Crippen molar-refractivity contribution in [3.8, 4) is 0 Å². The number of amides is 2.